The Bertz CT molecular complexity index is 1020. The highest BCUT2D eigenvalue weighted by Gasteiger charge is 2.33. The number of fused-ring (bicyclic) bond motifs is 1. The average Bonchev–Trinajstić information content (AvgIpc) is 2.65. The minimum Gasteiger partial charge on any atom is -0.481 e. The maximum absolute atomic E-state index is 13.5. The molecule has 0 aliphatic carbocycles. The Morgan fingerprint density at radius 2 is 1.80 bits per heavy atom. The van der Waals surface area contributed by atoms with Crippen molar-refractivity contribution in [2.45, 2.75) is 42.4 Å². The molecule has 1 aliphatic heterocycles. The molecule has 0 fully saturated rings. The van der Waals surface area contributed by atoms with E-state index in [1.54, 1.807) is 30.0 Å². The van der Waals surface area contributed by atoms with Gasteiger partial charge in [-0.2, -0.15) is 0 Å². The van der Waals surface area contributed by atoms with Crippen molar-refractivity contribution < 1.29 is 24.2 Å². The number of allylic oxidation sites excluding steroid dienone is 1. The zero-order valence-electron chi connectivity index (χ0n) is 16.8. The minimum atomic E-state index is -1.21. The van der Waals surface area contributed by atoms with Gasteiger partial charge in [-0.15, -0.1) is 11.8 Å². The first-order valence-corrected chi connectivity index (χ1v) is 10.4. The average molecular weight is 427 g/mol. The number of thioether (sulfide) groups is 1. The van der Waals surface area contributed by atoms with Gasteiger partial charge >= 0.3 is 5.97 Å². The van der Waals surface area contributed by atoms with Gasteiger partial charge in [0.25, 0.3) is 0 Å². The summed E-state index contributed by atoms with van der Waals surface area (Å²) in [6, 6.07) is 14.3. The van der Waals surface area contributed by atoms with E-state index in [0.29, 0.717) is 0 Å². The van der Waals surface area contributed by atoms with Crippen molar-refractivity contribution in [1.29, 1.82) is 0 Å². The molecule has 0 aromatic heterocycles. The molecule has 156 valence electrons. The summed E-state index contributed by atoms with van der Waals surface area (Å²) < 4.78 is 13.2. The van der Waals surface area contributed by atoms with Gasteiger partial charge in [-0.25, -0.2) is 4.39 Å². The molecule has 2 aromatic carbocycles. The Kier molecular flexibility index (Phi) is 6.58. The number of aliphatic hydroxyl groups is 1. The van der Waals surface area contributed by atoms with E-state index in [9.17, 15) is 19.1 Å². The van der Waals surface area contributed by atoms with Gasteiger partial charge in [-0.3, -0.25) is 9.59 Å². The summed E-state index contributed by atoms with van der Waals surface area (Å²) in [5.41, 5.74) is 3.75. The highest BCUT2D eigenvalue weighted by Crippen LogP contribution is 2.50. The minimum absolute atomic E-state index is 0.258. The van der Waals surface area contributed by atoms with E-state index >= 15 is 0 Å². The maximum Gasteiger partial charge on any atom is 0.310 e. The zero-order valence-corrected chi connectivity index (χ0v) is 17.6. The molecule has 1 heterocycles. The molecule has 2 N–H and O–H groups in total. The predicted octanol–water partition coefficient (Wildman–Crippen LogP) is 4.86. The van der Waals surface area contributed by atoms with E-state index in [-0.39, 0.29) is 17.0 Å². The lowest BCUT2D eigenvalue weighted by Gasteiger charge is -2.35. The summed E-state index contributed by atoms with van der Waals surface area (Å²) in [5.74, 6) is -2.06. The largest absolute Gasteiger partial charge is 0.481 e. The molecule has 1 unspecified atom stereocenters. The Hall–Kier alpha value is -2.70. The molecule has 0 amide bonds. The van der Waals surface area contributed by atoms with Crippen LogP contribution in [0.15, 0.2) is 71.2 Å². The molecule has 6 heteroatoms. The van der Waals surface area contributed by atoms with Crippen LogP contribution in [0.5, 0.6) is 0 Å². The molecule has 3 rings (SSSR count). The second-order valence-electron chi connectivity index (χ2n) is 7.64. The number of Topliss-reactive ketones (excluding diaryl/α,β-unsaturated/α-hetero) is 1. The van der Waals surface area contributed by atoms with Crippen LogP contribution in [0.4, 0.5) is 4.39 Å². The van der Waals surface area contributed by atoms with Gasteiger partial charge in [0.2, 0.25) is 0 Å². The Balaban J connectivity index is 2.05. The fraction of sp³-hybridized carbons (Fsp3) is 0.250. The van der Waals surface area contributed by atoms with Crippen molar-refractivity contribution in [2.75, 3.05) is 0 Å². The summed E-state index contributed by atoms with van der Waals surface area (Å²) in [6.07, 6.45) is 1.36. The molecule has 0 spiro atoms. The van der Waals surface area contributed by atoms with E-state index in [0.717, 1.165) is 27.2 Å². The topological polar surface area (TPSA) is 74.6 Å². The number of hydrogen-bond acceptors (Lipinski definition) is 4. The molecule has 0 saturated heterocycles. The van der Waals surface area contributed by atoms with Gasteiger partial charge in [0.1, 0.15) is 18.0 Å². The lowest BCUT2D eigenvalue weighted by Crippen LogP contribution is -2.23. The number of hydrogen-bond donors (Lipinski definition) is 2. The van der Waals surface area contributed by atoms with Crippen molar-refractivity contribution >= 4 is 29.1 Å². The first-order valence-electron chi connectivity index (χ1n) is 9.56. The lowest BCUT2D eigenvalue weighted by atomic mass is 9.86. The molecule has 2 aromatic rings. The molecular weight excluding hydrogens is 403 g/mol. The molecule has 1 atom stereocenters. The van der Waals surface area contributed by atoms with Gasteiger partial charge in [0.05, 0.1) is 6.10 Å². The molecule has 1 aliphatic rings. The second-order valence-corrected chi connectivity index (χ2v) is 9.31. The standard InChI is InChI=1S/C24H23FO4S/c1-24(2)20(12-11-17(26)13-18(27)14-22(28)29)23(15-7-9-16(25)10-8-15)19-5-3-4-6-21(19)30-24/h3-12,17,26H,13-14H2,1-2H3,(H,28,29)/b12-11+. The highest BCUT2D eigenvalue weighted by atomic mass is 32.2. The van der Waals surface area contributed by atoms with Crippen LogP contribution in [0.1, 0.15) is 37.8 Å². The molecule has 0 bridgehead atoms. The third-order valence-electron chi connectivity index (χ3n) is 4.84. The molecule has 4 nitrogen and oxygen atoms in total. The number of ketones is 1. The summed E-state index contributed by atoms with van der Waals surface area (Å²) in [6.45, 7) is 4.14. The van der Waals surface area contributed by atoms with Crippen LogP contribution in [0, 0.1) is 5.82 Å². The van der Waals surface area contributed by atoms with Gasteiger partial charge < -0.3 is 10.2 Å². The van der Waals surface area contributed by atoms with Gasteiger partial charge in [-0.05, 0) is 54.3 Å². The SMILES string of the molecule is CC1(C)Sc2ccccc2C(c2ccc(F)cc2)=C1/C=C/C(O)CC(=O)CC(=O)O. The van der Waals surface area contributed by atoms with Crippen molar-refractivity contribution in [2.24, 2.45) is 0 Å². The number of carbonyl (C=O) groups is 2. The number of rotatable bonds is 7. The lowest BCUT2D eigenvalue weighted by molar-refractivity contribution is -0.140. The third kappa shape index (κ3) is 5.07. The number of halogens is 1. The van der Waals surface area contributed by atoms with Crippen LogP contribution in [-0.4, -0.2) is 32.8 Å². The van der Waals surface area contributed by atoms with Crippen molar-refractivity contribution in [3.8, 4) is 0 Å². The number of aliphatic hydroxyl groups excluding tert-OH is 1. The van der Waals surface area contributed by atoms with Gasteiger partial charge in [0.15, 0.2) is 0 Å². The summed E-state index contributed by atoms with van der Waals surface area (Å²) in [4.78, 5) is 23.5. The molecule has 0 saturated carbocycles. The highest BCUT2D eigenvalue weighted by molar-refractivity contribution is 8.01. The van der Waals surface area contributed by atoms with Crippen LogP contribution in [-0.2, 0) is 9.59 Å². The van der Waals surface area contributed by atoms with Crippen molar-refractivity contribution in [3.63, 3.8) is 0 Å². The Morgan fingerprint density at radius 1 is 1.13 bits per heavy atom. The number of carboxylic acids is 1. The summed E-state index contributed by atoms with van der Waals surface area (Å²) in [5, 5.41) is 19.0. The monoisotopic (exact) mass is 426 g/mol. The fourth-order valence-electron chi connectivity index (χ4n) is 3.50. The predicted molar refractivity (Wildman–Crippen MR) is 116 cm³/mol. The fourth-order valence-corrected chi connectivity index (χ4v) is 4.76. The van der Waals surface area contributed by atoms with Crippen LogP contribution in [0.3, 0.4) is 0 Å². The van der Waals surface area contributed by atoms with Crippen molar-refractivity contribution in [1.82, 2.24) is 0 Å². The van der Waals surface area contributed by atoms with Crippen LogP contribution in [0.25, 0.3) is 5.57 Å². The Morgan fingerprint density at radius 3 is 2.47 bits per heavy atom. The van der Waals surface area contributed by atoms with Crippen LogP contribution in [0.2, 0.25) is 0 Å². The molecule has 0 radical (unpaired) electrons. The maximum atomic E-state index is 13.5. The van der Waals surface area contributed by atoms with E-state index in [4.69, 9.17) is 5.11 Å². The van der Waals surface area contributed by atoms with Crippen LogP contribution >= 0.6 is 11.8 Å². The number of carbonyl (C=O) groups excluding carboxylic acids is 1. The van der Waals surface area contributed by atoms with Crippen molar-refractivity contribution in [3.05, 3.63) is 83.2 Å². The van der Waals surface area contributed by atoms with E-state index in [1.165, 1.54) is 18.2 Å². The quantitative estimate of drug-likeness (QED) is 0.619. The van der Waals surface area contributed by atoms with Gasteiger partial charge in [-0.1, -0.05) is 42.5 Å². The zero-order chi connectivity index (χ0) is 21.9. The van der Waals surface area contributed by atoms with E-state index in [1.807, 2.05) is 24.3 Å². The molecular formula is C24H23FO4S. The smallest absolute Gasteiger partial charge is 0.310 e. The second kappa shape index (κ2) is 8.98. The molecule has 30 heavy (non-hydrogen) atoms. The van der Waals surface area contributed by atoms with E-state index in [2.05, 4.69) is 13.8 Å². The normalized spacial score (nSPS) is 16.4. The third-order valence-corrected chi connectivity index (χ3v) is 6.15. The van der Waals surface area contributed by atoms with E-state index < -0.39 is 24.3 Å². The van der Waals surface area contributed by atoms with Crippen LogP contribution < -0.4 is 0 Å². The number of benzene rings is 2. The number of aliphatic carboxylic acids is 1. The van der Waals surface area contributed by atoms with Gasteiger partial charge in [0, 0.05) is 16.1 Å². The Labute approximate surface area is 179 Å². The first kappa shape index (κ1) is 22.0. The first-order chi connectivity index (χ1) is 14.2. The number of carboxylic acid groups (broad SMARTS) is 1. The summed E-state index contributed by atoms with van der Waals surface area (Å²) >= 11 is 1.69. The summed E-state index contributed by atoms with van der Waals surface area (Å²) in [7, 11) is 0.